The molecule has 0 aliphatic heterocycles. The minimum atomic E-state index is -0.0346. The number of hydrogen-bond donors (Lipinski definition) is 0. The lowest BCUT2D eigenvalue weighted by atomic mass is 10.2. The van der Waals surface area contributed by atoms with Crippen LogP contribution in [0.4, 0.5) is 5.69 Å². The first-order valence-corrected chi connectivity index (χ1v) is 7.72. The lowest BCUT2D eigenvalue weighted by Gasteiger charge is -2.21. The average molecular weight is 297 g/mol. The van der Waals surface area contributed by atoms with E-state index in [1.807, 2.05) is 62.4 Å². The minimum Gasteiger partial charge on any atom is -0.484 e. The van der Waals surface area contributed by atoms with E-state index in [1.165, 1.54) is 5.56 Å². The van der Waals surface area contributed by atoms with Crippen LogP contribution < -0.4 is 9.64 Å². The van der Waals surface area contributed by atoms with Gasteiger partial charge in [0.25, 0.3) is 5.91 Å². The zero-order valence-corrected chi connectivity index (χ0v) is 13.5. The Morgan fingerprint density at radius 3 is 2.41 bits per heavy atom. The molecule has 0 unspecified atom stereocenters. The van der Waals surface area contributed by atoms with Crippen molar-refractivity contribution in [3.8, 4) is 5.75 Å². The molecule has 3 nitrogen and oxygen atoms in total. The highest BCUT2D eigenvalue weighted by atomic mass is 16.5. The molecule has 0 fully saturated rings. The van der Waals surface area contributed by atoms with Crippen molar-refractivity contribution in [2.75, 3.05) is 18.1 Å². The third-order valence-electron chi connectivity index (χ3n) is 3.62. The van der Waals surface area contributed by atoms with Crippen LogP contribution in [0, 0.1) is 6.92 Å². The Kier molecular flexibility index (Phi) is 5.59. The van der Waals surface area contributed by atoms with Crippen LogP contribution in [-0.2, 0) is 11.2 Å². The molecule has 0 saturated heterocycles. The number of hydrogen-bond acceptors (Lipinski definition) is 2. The predicted octanol–water partition coefficient (Wildman–Crippen LogP) is 3.99. The number of likely N-dealkylation sites (N-methyl/N-ethyl adjacent to an activating group) is 1. The van der Waals surface area contributed by atoms with Crippen molar-refractivity contribution in [2.45, 2.75) is 27.2 Å². The summed E-state index contributed by atoms with van der Waals surface area (Å²) in [5.41, 5.74) is 3.31. The lowest BCUT2D eigenvalue weighted by Crippen LogP contribution is -2.34. The van der Waals surface area contributed by atoms with Crippen molar-refractivity contribution in [1.82, 2.24) is 0 Å². The third-order valence-corrected chi connectivity index (χ3v) is 3.62. The fourth-order valence-corrected chi connectivity index (χ4v) is 2.34. The van der Waals surface area contributed by atoms with E-state index in [0.29, 0.717) is 6.54 Å². The van der Waals surface area contributed by atoms with Gasteiger partial charge in [0.15, 0.2) is 6.61 Å². The normalized spacial score (nSPS) is 10.3. The van der Waals surface area contributed by atoms with E-state index in [-0.39, 0.29) is 12.5 Å². The Morgan fingerprint density at radius 2 is 1.82 bits per heavy atom. The fraction of sp³-hybridized carbons (Fsp3) is 0.316. The molecule has 1 amide bonds. The Hall–Kier alpha value is -2.29. The van der Waals surface area contributed by atoms with Gasteiger partial charge in [-0.2, -0.15) is 0 Å². The van der Waals surface area contributed by atoms with Gasteiger partial charge in [0, 0.05) is 12.2 Å². The molecule has 0 N–H and O–H groups in total. The number of rotatable bonds is 6. The molecule has 0 aliphatic carbocycles. The molecule has 2 aromatic carbocycles. The van der Waals surface area contributed by atoms with Gasteiger partial charge in [-0.05, 0) is 55.7 Å². The molecule has 0 radical (unpaired) electrons. The van der Waals surface area contributed by atoms with Crippen molar-refractivity contribution in [1.29, 1.82) is 0 Å². The summed E-state index contributed by atoms with van der Waals surface area (Å²) in [6.07, 6.45) is 0.996. The van der Waals surface area contributed by atoms with Gasteiger partial charge in [0.2, 0.25) is 0 Å². The molecule has 0 atom stereocenters. The second-order valence-electron chi connectivity index (χ2n) is 5.26. The summed E-state index contributed by atoms with van der Waals surface area (Å²) in [6.45, 7) is 6.78. The van der Waals surface area contributed by atoms with Crippen LogP contribution in [0.25, 0.3) is 0 Å². The van der Waals surface area contributed by atoms with E-state index < -0.39 is 0 Å². The molecule has 22 heavy (non-hydrogen) atoms. The van der Waals surface area contributed by atoms with Crippen LogP contribution in [0.15, 0.2) is 48.5 Å². The number of benzene rings is 2. The predicted molar refractivity (Wildman–Crippen MR) is 90.5 cm³/mol. The van der Waals surface area contributed by atoms with Gasteiger partial charge in [-0.15, -0.1) is 0 Å². The van der Waals surface area contributed by atoms with E-state index in [4.69, 9.17) is 4.74 Å². The standard InChI is InChI=1S/C19H23NO2/c1-4-16-9-11-18(12-10-16)22-14-19(21)20(5-2)17-8-6-7-15(3)13-17/h6-13H,4-5,14H2,1-3H3. The minimum absolute atomic E-state index is 0.0346. The molecule has 116 valence electrons. The highest BCUT2D eigenvalue weighted by Gasteiger charge is 2.14. The van der Waals surface area contributed by atoms with Gasteiger partial charge >= 0.3 is 0 Å². The van der Waals surface area contributed by atoms with E-state index >= 15 is 0 Å². The zero-order valence-electron chi connectivity index (χ0n) is 13.5. The molecular weight excluding hydrogens is 274 g/mol. The van der Waals surface area contributed by atoms with Gasteiger partial charge in [-0.25, -0.2) is 0 Å². The molecule has 0 saturated carbocycles. The van der Waals surface area contributed by atoms with Crippen LogP contribution in [0.5, 0.6) is 5.75 Å². The number of anilines is 1. The van der Waals surface area contributed by atoms with Gasteiger partial charge in [0.1, 0.15) is 5.75 Å². The number of carbonyl (C=O) groups is 1. The van der Waals surface area contributed by atoms with Crippen molar-refractivity contribution in [2.24, 2.45) is 0 Å². The largest absolute Gasteiger partial charge is 0.484 e. The SMILES string of the molecule is CCc1ccc(OCC(=O)N(CC)c2cccc(C)c2)cc1. The van der Waals surface area contributed by atoms with Crippen LogP contribution in [0.1, 0.15) is 25.0 Å². The molecule has 0 bridgehead atoms. The summed E-state index contributed by atoms with van der Waals surface area (Å²) in [6, 6.07) is 15.8. The Bertz CT molecular complexity index is 620. The van der Waals surface area contributed by atoms with Crippen molar-refractivity contribution >= 4 is 11.6 Å². The van der Waals surface area contributed by atoms with Crippen LogP contribution in [0.3, 0.4) is 0 Å². The molecule has 0 spiro atoms. The Morgan fingerprint density at radius 1 is 1.09 bits per heavy atom. The summed E-state index contributed by atoms with van der Waals surface area (Å²) in [5, 5.41) is 0. The van der Waals surface area contributed by atoms with Gasteiger partial charge in [-0.1, -0.05) is 31.2 Å². The first-order valence-electron chi connectivity index (χ1n) is 7.72. The molecule has 2 rings (SSSR count). The number of ether oxygens (including phenoxy) is 1. The highest BCUT2D eigenvalue weighted by molar-refractivity contribution is 5.94. The molecule has 2 aromatic rings. The molecule has 0 aliphatic rings. The fourth-order valence-electron chi connectivity index (χ4n) is 2.34. The number of aryl methyl sites for hydroxylation is 2. The zero-order chi connectivity index (χ0) is 15.9. The van der Waals surface area contributed by atoms with E-state index in [2.05, 4.69) is 6.92 Å². The molecular formula is C19H23NO2. The third kappa shape index (κ3) is 4.10. The smallest absolute Gasteiger partial charge is 0.264 e. The quantitative estimate of drug-likeness (QED) is 0.807. The van der Waals surface area contributed by atoms with E-state index in [9.17, 15) is 4.79 Å². The first-order chi connectivity index (χ1) is 10.6. The summed E-state index contributed by atoms with van der Waals surface area (Å²) < 4.78 is 5.61. The second-order valence-corrected chi connectivity index (χ2v) is 5.26. The summed E-state index contributed by atoms with van der Waals surface area (Å²) >= 11 is 0. The van der Waals surface area contributed by atoms with Crippen molar-refractivity contribution in [3.05, 3.63) is 59.7 Å². The van der Waals surface area contributed by atoms with Gasteiger partial charge in [-0.3, -0.25) is 4.79 Å². The second kappa shape index (κ2) is 7.64. The monoisotopic (exact) mass is 297 g/mol. The average Bonchev–Trinajstić information content (AvgIpc) is 2.54. The molecule has 0 heterocycles. The highest BCUT2D eigenvalue weighted by Crippen LogP contribution is 2.17. The summed E-state index contributed by atoms with van der Waals surface area (Å²) in [7, 11) is 0. The van der Waals surface area contributed by atoms with Gasteiger partial charge < -0.3 is 9.64 Å². The van der Waals surface area contributed by atoms with Gasteiger partial charge in [0.05, 0.1) is 0 Å². The van der Waals surface area contributed by atoms with Crippen molar-refractivity contribution < 1.29 is 9.53 Å². The number of carbonyl (C=O) groups excluding carboxylic acids is 1. The number of nitrogens with zero attached hydrogens (tertiary/aromatic N) is 1. The van der Waals surface area contributed by atoms with E-state index in [1.54, 1.807) is 4.90 Å². The summed E-state index contributed by atoms with van der Waals surface area (Å²) in [5.74, 6) is 0.693. The molecule has 3 heteroatoms. The van der Waals surface area contributed by atoms with Crippen LogP contribution >= 0.6 is 0 Å². The maximum absolute atomic E-state index is 12.4. The van der Waals surface area contributed by atoms with Crippen LogP contribution in [-0.4, -0.2) is 19.1 Å². The number of amides is 1. The summed E-state index contributed by atoms with van der Waals surface area (Å²) in [4.78, 5) is 14.1. The van der Waals surface area contributed by atoms with E-state index in [0.717, 1.165) is 23.4 Å². The first kappa shape index (κ1) is 16.1. The van der Waals surface area contributed by atoms with Crippen LogP contribution in [0.2, 0.25) is 0 Å². The Balaban J connectivity index is 2.00. The maximum Gasteiger partial charge on any atom is 0.264 e. The Labute approximate surface area is 132 Å². The van der Waals surface area contributed by atoms with Crippen molar-refractivity contribution in [3.63, 3.8) is 0 Å². The lowest BCUT2D eigenvalue weighted by molar-refractivity contribution is -0.120. The maximum atomic E-state index is 12.4. The molecule has 0 aromatic heterocycles. The topological polar surface area (TPSA) is 29.5 Å².